The molecule has 0 aromatic carbocycles. The summed E-state index contributed by atoms with van der Waals surface area (Å²) < 4.78 is 0. The Kier molecular flexibility index (Phi) is 14.7. The van der Waals surface area contributed by atoms with E-state index in [1.54, 1.807) is 7.05 Å². The number of rotatable bonds is 5. The molecule has 1 heterocycles. The van der Waals surface area contributed by atoms with Crippen molar-refractivity contribution in [1.29, 1.82) is 0 Å². The number of likely N-dealkylation sites (N-methyl/N-ethyl adjacent to an activating group) is 1. The van der Waals surface area contributed by atoms with Crippen LogP contribution >= 0.6 is 0 Å². The van der Waals surface area contributed by atoms with Crippen molar-refractivity contribution in [1.82, 2.24) is 10.2 Å². The van der Waals surface area contributed by atoms with Crippen LogP contribution in [-0.4, -0.2) is 24.4 Å². The highest BCUT2D eigenvalue weighted by Gasteiger charge is 2.22. The second kappa shape index (κ2) is 14.6. The zero-order valence-corrected chi connectivity index (χ0v) is 16.8. The number of amides is 1. The van der Waals surface area contributed by atoms with Crippen molar-refractivity contribution in [3.8, 4) is 0 Å². The Balaban J connectivity index is 0. The van der Waals surface area contributed by atoms with Crippen LogP contribution in [-0.2, 0) is 4.79 Å². The minimum absolute atomic E-state index is 0.0208. The number of hydrogen-bond donors (Lipinski definition) is 1. The van der Waals surface area contributed by atoms with Gasteiger partial charge in [-0.15, -0.1) is 0 Å². The molecule has 3 heteroatoms. The summed E-state index contributed by atoms with van der Waals surface area (Å²) in [6.07, 6.45) is 11.8. The lowest BCUT2D eigenvalue weighted by molar-refractivity contribution is -0.117. The molecular weight excluding hydrogens is 296 g/mol. The van der Waals surface area contributed by atoms with Gasteiger partial charge in [-0.05, 0) is 25.0 Å². The topological polar surface area (TPSA) is 32.3 Å². The average molecular weight is 333 g/mol. The molecule has 0 aromatic rings. The monoisotopic (exact) mass is 332 g/mol. The molecule has 0 fully saturated rings. The Hall–Kier alpha value is -2.03. The third kappa shape index (κ3) is 8.00. The van der Waals surface area contributed by atoms with Crippen molar-refractivity contribution in [2.45, 2.75) is 48.5 Å². The first-order valence-corrected chi connectivity index (χ1v) is 8.85. The van der Waals surface area contributed by atoms with E-state index in [0.29, 0.717) is 6.54 Å². The third-order valence-corrected chi connectivity index (χ3v) is 3.44. The fourth-order valence-electron chi connectivity index (χ4n) is 2.05. The predicted octanol–water partition coefficient (Wildman–Crippen LogP) is 5.21. The van der Waals surface area contributed by atoms with Gasteiger partial charge >= 0.3 is 0 Å². The van der Waals surface area contributed by atoms with Gasteiger partial charge in [0.05, 0.1) is 0 Å². The molecule has 0 bridgehead atoms. The van der Waals surface area contributed by atoms with Gasteiger partial charge in [-0.3, -0.25) is 4.79 Å². The summed E-state index contributed by atoms with van der Waals surface area (Å²) in [5, 5.41) is 2.70. The van der Waals surface area contributed by atoms with Crippen LogP contribution in [0.2, 0.25) is 0 Å². The summed E-state index contributed by atoms with van der Waals surface area (Å²) in [4.78, 5) is 14.0. The van der Waals surface area contributed by atoms with Gasteiger partial charge in [-0.25, -0.2) is 0 Å². The van der Waals surface area contributed by atoms with Crippen molar-refractivity contribution in [3.05, 3.63) is 60.0 Å². The number of hydrogen-bond acceptors (Lipinski definition) is 2. The molecule has 1 aliphatic heterocycles. The molecular formula is C21H36N2O. The van der Waals surface area contributed by atoms with Gasteiger partial charge in [0.1, 0.15) is 0 Å². The fraction of sp³-hybridized carbons (Fsp3) is 0.476. The highest BCUT2D eigenvalue weighted by molar-refractivity contribution is 5.94. The van der Waals surface area contributed by atoms with Crippen LogP contribution in [0.15, 0.2) is 60.0 Å². The Labute approximate surface area is 149 Å². The smallest absolute Gasteiger partial charge is 0.249 e. The molecule has 24 heavy (non-hydrogen) atoms. The van der Waals surface area contributed by atoms with Gasteiger partial charge in [0.25, 0.3) is 0 Å². The first-order valence-electron chi connectivity index (χ1n) is 8.85. The summed E-state index contributed by atoms with van der Waals surface area (Å²) in [5.74, 6) is 0.130. The predicted molar refractivity (Wildman–Crippen MR) is 108 cm³/mol. The van der Waals surface area contributed by atoms with Crippen molar-refractivity contribution in [2.75, 3.05) is 13.6 Å². The third-order valence-electron chi connectivity index (χ3n) is 3.44. The highest BCUT2D eigenvalue weighted by Crippen LogP contribution is 2.26. The van der Waals surface area contributed by atoms with Gasteiger partial charge < -0.3 is 10.2 Å². The van der Waals surface area contributed by atoms with Crippen molar-refractivity contribution >= 4 is 5.91 Å². The van der Waals surface area contributed by atoms with E-state index >= 15 is 0 Å². The Morgan fingerprint density at radius 1 is 1.29 bits per heavy atom. The van der Waals surface area contributed by atoms with E-state index in [1.807, 2.05) is 76.9 Å². The number of allylic oxidation sites excluding steroid dienone is 4. The van der Waals surface area contributed by atoms with Gasteiger partial charge in [0, 0.05) is 37.5 Å². The second-order valence-corrected chi connectivity index (χ2v) is 4.90. The molecule has 1 rings (SSSR count). The average Bonchev–Trinajstić information content (AvgIpc) is 2.64. The largest absolute Gasteiger partial charge is 0.355 e. The number of carbonyl (C=O) groups is 1. The SMILES string of the molecule is C=C/C(=C\C=C/C)CN1C=C(C)C(C)C(C(=O)NC)=C1.CC.CC. The summed E-state index contributed by atoms with van der Waals surface area (Å²) in [5.41, 5.74) is 3.08. The van der Waals surface area contributed by atoms with E-state index in [9.17, 15) is 4.79 Å². The van der Waals surface area contributed by atoms with Crippen molar-refractivity contribution < 1.29 is 4.79 Å². The minimum Gasteiger partial charge on any atom is -0.355 e. The molecule has 0 radical (unpaired) electrons. The van der Waals surface area contributed by atoms with Gasteiger partial charge in [-0.1, -0.05) is 65.5 Å². The van der Waals surface area contributed by atoms with Crippen LogP contribution in [0.25, 0.3) is 0 Å². The standard InChI is InChI=1S/C17H24N2O.2C2H6/c1-6-8-9-15(7-2)11-19-10-13(3)14(4)16(12-19)17(20)18-5;2*1-2/h6-10,12,14H,2,11H2,1,3-5H3,(H,18,20);2*1-2H3/b8-6-,15-9+;;. The van der Waals surface area contributed by atoms with E-state index in [1.165, 1.54) is 5.57 Å². The Morgan fingerprint density at radius 2 is 1.88 bits per heavy atom. The lowest BCUT2D eigenvalue weighted by Gasteiger charge is -2.28. The lowest BCUT2D eigenvalue weighted by Crippen LogP contribution is -2.30. The zero-order valence-electron chi connectivity index (χ0n) is 16.8. The number of carbonyl (C=O) groups excluding carboxylic acids is 1. The summed E-state index contributed by atoms with van der Waals surface area (Å²) in [7, 11) is 1.66. The van der Waals surface area contributed by atoms with E-state index in [2.05, 4.69) is 25.0 Å². The van der Waals surface area contributed by atoms with E-state index in [-0.39, 0.29) is 11.8 Å². The first-order chi connectivity index (χ1) is 11.5. The van der Waals surface area contributed by atoms with Crippen LogP contribution in [0.5, 0.6) is 0 Å². The zero-order chi connectivity index (χ0) is 19.1. The summed E-state index contributed by atoms with van der Waals surface area (Å²) >= 11 is 0. The molecule has 1 atom stereocenters. The molecule has 136 valence electrons. The van der Waals surface area contributed by atoms with Crippen molar-refractivity contribution in [2.24, 2.45) is 5.92 Å². The van der Waals surface area contributed by atoms with Crippen LogP contribution in [0, 0.1) is 5.92 Å². The summed E-state index contributed by atoms with van der Waals surface area (Å²) in [6, 6.07) is 0. The first kappa shape index (κ1) is 24.2. The van der Waals surface area contributed by atoms with E-state index in [0.717, 1.165) is 11.1 Å². The van der Waals surface area contributed by atoms with Crippen molar-refractivity contribution in [3.63, 3.8) is 0 Å². The molecule has 1 N–H and O–H groups in total. The highest BCUT2D eigenvalue weighted by atomic mass is 16.1. The minimum atomic E-state index is -0.0208. The van der Waals surface area contributed by atoms with Crippen LogP contribution in [0.3, 0.4) is 0 Å². The molecule has 0 spiro atoms. The maximum Gasteiger partial charge on any atom is 0.249 e. The number of nitrogens with zero attached hydrogens (tertiary/aromatic N) is 1. The van der Waals surface area contributed by atoms with Gasteiger partial charge in [0.15, 0.2) is 0 Å². The van der Waals surface area contributed by atoms with Crippen LogP contribution < -0.4 is 5.32 Å². The normalized spacial score (nSPS) is 16.9. The number of nitrogens with one attached hydrogen (secondary N) is 1. The molecule has 0 saturated carbocycles. The molecule has 1 amide bonds. The second-order valence-electron chi connectivity index (χ2n) is 4.90. The maximum absolute atomic E-state index is 11.9. The van der Waals surface area contributed by atoms with E-state index < -0.39 is 0 Å². The molecule has 3 nitrogen and oxygen atoms in total. The molecule has 0 saturated heterocycles. The van der Waals surface area contributed by atoms with E-state index in [4.69, 9.17) is 0 Å². The van der Waals surface area contributed by atoms with Gasteiger partial charge in [0.2, 0.25) is 5.91 Å². The quantitative estimate of drug-likeness (QED) is 0.701. The van der Waals surface area contributed by atoms with Gasteiger partial charge in [-0.2, -0.15) is 0 Å². The van der Waals surface area contributed by atoms with Crippen LogP contribution in [0.4, 0.5) is 0 Å². The summed E-state index contributed by atoms with van der Waals surface area (Å²) in [6.45, 7) is 18.6. The van der Waals surface area contributed by atoms with Crippen LogP contribution in [0.1, 0.15) is 48.5 Å². The molecule has 0 aromatic heterocycles. The fourth-order valence-corrected chi connectivity index (χ4v) is 2.05. The Morgan fingerprint density at radius 3 is 2.33 bits per heavy atom. The molecule has 1 unspecified atom stereocenters. The lowest BCUT2D eigenvalue weighted by atomic mass is 9.92. The molecule has 1 aliphatic rings. The molecule has 0 aliphatic carbocycles. The maximum atomic E-state index is 11.9. The Bertz CT molecular complexity index is 496.